The monoisotopic (exact) mass is 348 g/mol. The third-order valence-corrected chi connectivity index (χ3v) is 8.50. The van der Waals surface area contributed by atoms with Crippen LogP contribution in [0.4, 0.5) is 0 Å². The molecule has 2 saturated carbocycles. The smallest absolute Gasteiger partial charge is 0.00337 e. The first-order valence-electron chi connectivity index (χ1n) is 9.93. The van der Waals surface area contributed by atoms with Gasteiger partial charge in [0, 0.05) is 0 Å². The Balaban J connectivity index is 0.000000639. The second-order valence-corrected chi connectivity index (χ2v) is 10.9. The minimum absolute atomic E-state index is 0.198. The van der Waals surface area contributed by atoms with Crippen molar-refractivity contribution in [2.45, 2.75) is 117 Å². The largest absolute Gasteiger partial charge is 0.0958 e. The van der Waals surface area contributed by atoms with Crippen LogP contribution in [-0.4, -0.2) is 11.3 Å². The summed E-state index contributed by atoms with van der Waals surface area (Å²) in [4.78, 5) is 0. The fourth-order valence-corrected chi connectivity index (χ4v) is 7.19. The molecular formula is C20H42ClP. The van der Waals surface area contributed by atoms with E-state index in [4.69, 9.17) is 11.2 Å². The molecule has 2 rings (SSSR count). The van der Waals surface area contributed by atoms with E-state index in [9.17, 15) is 0 Å². The summed E-state index contributed by atoms with van der Waals surface area (Å²) in [6.07, 6.45) is 13.9. The Morgan fingerprint density at radius 3 is 1.32 bits per heavy atom. The molecule has 0 amide bonds. The van der Waals surface area contributed by atoms with Gasteiger partial charge in [0.1, 0.15) is 0 Å². The number of hydrogen-bond acceptors (Lipinski definition) is 0. The molecule has 0 N–H and O–H groups in total. The fourth-order valence-electron chi connectivity index (χ4n) is 3.55. The van der Waals surface area contributed by atoms with Crippen LogP contribution in [0.1, 0.15) is 106 Å². The second kappa shape index (κ2) is 14.1. The molecule has 0 bridgehead atoms. The Hall–Kier alpha value is 0.720. The topological polar surface area (TPSA) is 0 Å². The highest BCUT2D eigenvalue weighted by atomic mass is 35.7. The minimum atomic E-state index is -0.198. The molecule has 0 aromatic heterocycles. The highest BCUT2D eigenvalue weighted by Gasteiger charge is 2.32. The molecule has 3 unspecified atom stereocenters. The lowest BCUT2D eigenvalue weighted by molar-refractivity contribution is 0.374. The van der Waals surface area contributed by atoms with E-state index < -0.39 is 0 Å². The maximum absolute atomic E-state index is 6.83. The molecule has 0 radical (unpaired) electrons. The van der Waals surface area contributed by atoms with E-state index in [1.54, 1.807) is 0 Å². The standard InChI is InChI=1S/C14H26ClP.2C3H8/c1-11-5-3-7-13(9-11)16(15)14-8-4-6-12(2)10-14;2*1-3-2/h11-14H,3-10H2,1-2H3;2*3H2,1-2H3/t11-,12+,13?,14?,16?;;. The summed E-state index contributed by atoms with van der Waals surface area (Å²) >= 11 is 6.83. The summed E-state index contributed by atoms with van der Waals surface area (Å²) in [5.74, 6) is 1.87. The van der Waals surface area contributed by atoms with Crippen LogP contribution < -0.4 is 0 Å². The predicted molar refractivity (Wildman–Crippen MR) is 108 cm³/mol. The molecule has 22 heavy (non-hydrogen) atoms. The molecular weight excluding hydrogens is 307 g/mol. The lowest BCUT2D eigenvalue weighted by Crippen LogP contribution is -2.23. The van der Waals surface area contributed by atoms with Crippen molar-refractivity contribution in [3.63, 3.8) is 0 Å². The summed E-state index contributed by atoms with van der Waals surface area (Å²) in [5.41, 5.74) is 1.77. The third kappa shape index (κ3) is 9.77. The van der Waals surface area contributed by atoms with Crippen LogP contribution in [0.3, 0.4) is 0 Å². The maximum atomic E-state index is 6.83. The molecule has 2 fully saturated rings. The van der Waals surface area contributed by atoms with E-state index in [1.807, 2.05) is 0 Å². The van der Waals surface area contributed by atoms with E-state index in [0.717, 1.165) is 23.2 Å². The van der Waals surface area contributed by atoms with Gasteiger partial charge in [0.05, 0.1) is 0 Å². The number of halogens is 1. The fraction of sp³-hybridized carbons (Fsp3) is 1.00. The van der Waals surface area contributed by atoms with Gasteiger partial charge >= 0.3 is 0 Å². The highest BCUT2D eigenvalue weighted by molar-refractivity contribution is 7.85. The van der Waals surface area contributed by atoms with Crippen molar-refractivity contribution >= 4 is 18.5 Å². The van der Waals surface area contributed by atoms with Crippen molar-refractivity contribution in [3.8, 4) is 0 Å². The van der Waals surface area contributed by atoms with E-state index >= 15 is 0 Å². The molecule has 2 aliphatic rings. The van der Waals surface area contributed by atoms with Gasteiger partial charge in [-0.15, -0.1) is 0 Å². The highest BCUT2D eigenvalue weighted by Crippen LogP contribution is 2.60. The SMILES string of the molecule is CCC.CCC.C[C@@H]1CCCC(P(Cl)C2CCC[C@H](C)C2)C1. The van der Waals surface area contributed by atoms with Crippen LogP contribution >= 0.6 is 18.5 Å². The van der Waals surface area contributed by atoms with Crippen LogP contribution in [0, 0.1) is 11.8 Å². The Morgan fingerprint density at radius 1 is 0.727 bits per heavy atom. The summed E-state index contributed by atoms with van der Waals surface area (Å²) in [7, 11) is -0.198. The predicted octanol–water partition coefficient (Wildman–Crippen LogP) is 8.61. The number of hydrogen-bond donors (Lipinski definition) is 0. The zero-order chi connectivity index (χ0) is 17.0. The van der Waals surface area contributed by atoms with Crippen LogP contribution in [0.15, 0.2) is 0 Å². The van der Waals surface area contributed by atoms with E-state index in [1.165, 1.54) is 64.2 Å². The average Bonchev–Trinajstić information content (AvgIpc) is 2.48. The summed E-state index contributed by atoms with van der Waals surface area (Å²) < 4.78 is 0. The Morgan fingerprint density at radius 2 is 1.05 bits per heavy atom. The van der Waals surface area contributed by atoms with Crippen LogP contribution in [0.25, 0.3) is 0 Å². The van der Waals surface area contributed by atoms with Crippen LogP contribution in [0.5, 0.6) is 0 Å². The lowest BCUT2D eigenvalue weighted by atomic mass is 9.90. The van der Waals surface area contributed by atoms with Gasteiger partial charge in [-0.2, -0.15) is 0 Å². The summed E-state index contributed by atoms with van der Waals surface area (Å²) in [5, 5.41) is 0. The third-order valence-electron chi connectivity index (χ3n) is 4.52. The van der Waals surface area contributed by atoms with Gasteiger partial charge in [-0.1, -0.05) is 91.3 Å². The molecule has 0 saturated heterocycles. The summed E-state index contributed by atoms with van der Waals surface area (Å²) in [6, 6.07) is 0. The van der Waals surface area contributed by atoms with E-state index in [-0.39, 0.29) is 7.27 Å². The zero-order valence-electron chi connectivity index (χ0n) is 16.2. The molecule has 5 atom stereocenters. The second-order valence-electron chi connectivity index (χ2n) is 7.61. The van der Waals surface area contributed by atoms with E-state index in [2.05, 4.69) is 41.5 Å². The van der Waals surface area contributed by atoms with Crippen LogP contribution in [0.2, 0.25) is 0 Å². The van der Waals surface area contributed by atoms with Gasteiger partial charge in [-0.3, -0.25) is 0 Å². The van der Waals surface area contributed by atoms with Crippen molar-refractivity contribution < 1.29 is 0 Å². The molecule has 0 aromatic carbocycles. The molecule has 0 spiro atoms. The first-order chi connectivity index (χ1) is 10.5. The lowest BCUT2D eigenvalue weighted by Gasteiger charge is -2.37. The number of rotatable bonds is 2. The van der Waals surface area contributed by atoms with Gasteiger partial charge in [0.15, 0.2) is 0 Å². The Labute approximate surface area is 147 Å². The summed E-state index contributed by atoms with van der Waals surface area (Å²) in [6.45, 7) is 13.3. The van der Waals surface area contributed by atoms with Gasteiger partial charge < -0.3 is 0 Å². The maximum Gasteiger partial charge on any atom is -0.00337 e. The first kappa shape index (κ1) is 22.7. The van der Waals surface area contributed by atoms with Gasteiger partial charge in [-0.25, -0.2) is 0 Å². The van der Waals surface area contributed by atoms with Crippen molar-refractivity contribution in [2.24, 2.45) is 11.8 Å². The van der Waals surface area contributed by atoms with Gasteiger partial charge in [-0.05, 0) is 56.1 Å². The van der Waals surface area contributed by atoms with E-state index in [0.29, 0.717) is 0 Å². The quantitative estimate of drug-likeness (QED) is 0.438. The van der Waals surface area contributed by atoms with Gasteiger partial charge in [0.25, 0.3) is 0 Å². The average molecular weight is 349 g/mol. The van der Waals surface area contributed by atoms with Gasteiger partial charge in [0.2, 0.25) is 0 Å². The normalized spacial score (nSPS) is 32.9. The Bertz CT molecular complexity index is 220. The first-order valence-corrected chi connectivity index (χ1v) is 12.3. The minimum Gasteiger partial charge on any atom is -0.0958 e. The molecule has 134 valence electrons. The van der Waals surface area contributed by atoms with Crippen molar-refractivity contribution in [3.05, 3.63) is 0 Å². The molecule has 0 aliphatic heterocycles. The van der Waals surface area contributed by atoms with Crippen molar-refractivity contribution in [1.29, 1.82) is 0 Å². The molecule has 2 heteroatoms. The van der Waals surface area contributed by atoms with Crippen LogP contribution in [-0.2, 0) is 0 Å². The van der Waals surface area contributed by atoms with Crippen molar-refractivity contribution in [1.82, 2.24) is 0 Å². The molecule has 0 aromatic rings. The zero-order valence-corrected chi connectivity index (χ0v) is 17.9. The molecule has 0 heterocycles. The Kier molecular flexibility index (Phi) is 14.6. The molecule has 0 nitrogen and oxygen atoms in total. The van der Waals surface area contributed by atoms with Crippen molar-refractivity contribution in [2.75, 3.05) is 0 Å². The molecule has 2 aliphatic carbocycles.